The Morgan fingerprint density at radius 3 is 2.64 bits per heavy atom. The van der Waals surface area contributed by atoms with Crippen molar-refractivity contribution in [3.05, 3.63) is 23.2 Å². The molecule has 3 rings (SSSR count). The molecule has 0 bridgehead atoms. The van der Waals surface area contributed by atoms with Crippen molar-refractivity contribution in [2.24, 2.45) is 0 Å². The second-order valence-corrected chi connectivity index (χ2v) is 8.89. The highest BCUT2D eigenvalue weighted by atomic mass is 35.5. The minimum atomic E-state index is -0.588. The van der Waals surface area contributed by atoms with Crippen LogP contribution in [0.1, 0.15) is 51.4 Å². The first-order valence-corrected chi connectivity index (χ1v) is 11.0. The van der Waals surface area contributed by atoms with Gasteiger partial charge in [-0.3, -0.25) is 14.4 Å². The molecule has 1 unspecified atom stereocenters. The van der Waals surface area contributed by atoms with Crippen molar-refractivity contribution in [3.8, 4) is 0 Å². The van der Waals surface area contributed by atoms with Gasteiger partial charge in [-0.05, 0) is 31.0 Å². The number of carbonyl (C=O) groups excluding carboxylic acids is 3. The van der Waals surface area contributed by atoms with Gasteiger partial charge >= 0.3 is 5.97 Å². The van der Waals surface area contributed by atoms with Crippen molar-refractivity contribution in [2.75, 3.05) is 11.9 Å². The number of hydrogen-bond acceptors (Lipinski definition) is 5. The van der Waals surface area contributed by atoms with Crippen LogP contribution in [0.3, 0.4) is 0 Å². The Kier molecular flexibility index (Phi) is 7.62. The number of ether oxygens (including phenoxy) is 1. The number of amides is 2. The zero-order valence-electron chi connectivity index (χ0n) is 15.7. The minimum absolute atomic E-state index is 0.0880. The van der Waals surface area contributed by atoms with Crippen LogP contribution in [0.25, 0.3) is 0 Å². The van der Waals surface area contributed by atoms with Crippen LogP contribution >= 0.6 is 23.4 Å². The van der Waals surface area contributed by atoms with Crippen molar-refractivity contribution >= 4 is 46.8 Å². The summed E-state index contributed by atoms with van der Waals surface area (Å²) >= 11 is 7.23. The van der Waals surface area contributed by atoms with Gasteiger partial charge in [-0.1, -0.05) is 43.7 Å². The largest absolute Gasteiger partial charge is 0.456 e. The molecule has 0 saturated heterocycles. The number of anilines is 1. The summed E-state index contributed by atoms with van der Waals surface area (Å²) in [6, 6.07) is 5.38. The first-order valence-electron chi connectivity index (χ1n) is 9.73. The molecule has 1 aliphatic heterocycles. The van der Waals surface area contributed by atoms with Crippen LogP contribution in [0.2, 0.25) is 5.02 Å². The Balaban J connectivity index is 1.43. The molecule has 0 aromatic heterocycles. The van der Waals surface area contributed by atoms with E-state index in [1.165, 1.54) is 31.0 Å². The van der Waals surface area contributed by atoms with E-state index in [1.807, 2.05) is 6.07 Å². The predicted octanol–water partition coefficient (Wildman–Crippen LogP) is 3.92. The van der Waals surface area contributed by atoms with Crippen LogP contribution < -0.4 is 10.6 Å². The maximum absolute atomic E-state index is 12.2. The van der Waals surface area contributed by atoms with Gasteiger partial charge in [0.25, 0.3) is 5.91 Å². The molecular formula is C20H25ClN2O4S. The molecule has 1 fully saturated rings. The first kappa shape index (κ1) is 21.0. The molecule has 2 aliphatic rings. The van der Waals surface area contributed by atoms with Gasteiger partial charge in [-0.25, -0.2) is 0 Å². The van der Waals surface area contributed by atoms with E-state index in [2.05, 4.69) is 10.6 Å². The van der Waals surface area contributed by atoms with E-state index < -0.39 is 11.2 Å². The number of nitrogens with one attached hydrogen (secondary N) is 2. The lowest BCUT2D eigenvalue weighted by atomic mass is 9.97. The molecule has 6 nitrogen and oxygen atoms in total. The summed E-state index contributed by atoms with van der Waals surface area (Å²) in [5.41, 5.74) is 0.644. The average Bonchev–Trinajstić information content (AvgIpc) is 2.63. The maximum Gasteiger partial charge on any atom is 0.307 e. The van der Waals surface area contributed by atoms with Crippen LogP contribution in [0.15, 0.2) is 23.1 Å². The number of rotatable bonds is 5. The Bertz CT molecular complexity index is 735. The molecule has 0 radical (unpaired) electrons. The van der Waals surface area contributed by atoms with Gasteiger partial charge in [0.2, 0.25) is 5.91 Å². The Hall–Kier alpha value is -1.73. The van der Waals surface area contributed by atoms with Gasteiger partial charge in [0.05, 0.1) is 17.4 Å². The molecule has 1 heterocycles. The number of hydrogen-bond donors (Lipinski definition) is 2. The molecule has 8 heteroatoms. The van der Waals surface area contributed by atoms with Gasteiger partial charge in [-0.15, -0.1) is 11.8 Å². The van der Waals surface area contributed by atoms with Crippen molar-refractivity contribution in [1.82, 2.24) is 5.32 Å². The summed E-state index contributed by atoms with van der Waals surface area (Å²) in [6.45, 7) is -0.305. The van der Waals surface area contributed by atoms with Crippen LogP contribution in [-0.4, -0.2) is 35.7 Å². The van der Waals surface area contributed by atoms with Gasteiger partial charge in [0.1, 0.15) is 0 Å². The highest BCUT2D eigenvalue weighted by Gasteiger charge is 2.30. The fraction of sp³-hybridized carbons (Fsp3) is 0.550. The zero-order chi connectivity index (χ0) is 19.9. The highest BCUT2D eigenvalue weighted by molar-refractivity contribution is 8.01. The average molecular weight is 425 g/mol. The number of fused-ring (bicyclic) bond motifs is 1. The Morgan fingerprint density at radius 2 is 1.89 bits per heavy atom. The van der Waals surface area contributed by atoms with Gasteiger partial charge in [0, 0.05) is 16.0 Å². The van der Waals surface area contributed by atoms with Crippen molar-refractivity contribution < 1.29 is 19.1 Å². The highest BCUT2D eigenvalue weighted by Crippen LogP contribution is 2.38. The Labute approximate surface area is 174 Å². The summed E-state index contributed by atoms with van der Waals surface area (Å²) in [5, 5.41) is 5.66. The quantitative estimate of drug-likeness (QED) is 0.700. The number of benzene rings is 1. The maximum atomic E-state index is 12.2. The van der Waals surface area contributed by atoms with Crippen molar-refractivity contribution in [1.29, 1.82) is 0 Å². The second-order valence-electron chi connectivity index (χ2n) is 7.21. The van der Waals surface area contributed by atoms with E-state index >= 15 is 0 Å². The third kappa shape index (κ3) is 6.14. The van der Waals surface area contributed by atoms with Crippen LogP contribution in [0, 0.1) is 0 Å². The molecule has 1 aromatic carbocycles. The molecule has 2 amide bonds. The predicted molar refractivity (Wildman–Crippen MR) is 110 cm³/mol. The molecule has 1 saturated carbocycles. The van der Waals surface area contributed by atoms with Crippen LogP contribution in [0.4, 0.5) is 5.69 Å². The molecule has 2 N–H and O–H groups in total. The normalized spacial score (nSPS) is 20.3. The topological polar surface area (TPSA) is 84.5 Å². The van der Waals surface area contributed by atoms with Gasteiger partial charge in [-0.2, -0.15) is 0 Å². The number of thioether (sulfide) groups is 1. The molecule has 152 valence electrons. The van der Waals surface area contributed by atoms with E-state index in [4.69, 9.17) is 16.3 Å². The lowest BCUT2D eigenvalue weighted by Crippen LogP contribution is -2.38. The molecule has 28 heavy (non-hydrogen) atoms. The molecule has 1 aromatic rings. The molecule has 1 aliphatic carbocycles. The lowest BCUT2D eigenvalue weighted by molar-refractivity contribution is -0.149. The van der Waals surface area contributed by atoms with Crippen molar-refractivity contribution in [2.45, 2.75) is 67.6 Å². The monoisotopic (exact) mass is 424 g/mol. The second kappa shape index (κ2) is 10.2. The van der Waals surface area contributed by atoms with E-state index in [-0.39, 0.29) is 30.9 Å². The molecule has 0 spiro atoms. The third-order valence-corrected chi connectivity index (χ3v) is 6.46. The summed E-state index contributed by atoms with van der Waals surface area (Å²) < 4.78 is 5.09. The minimum Gasteiger partial charge on any atom is -0.456 e. The van der Waals surface area contributed by atoms with E-state index in [9.17, 15) is 14.4 Å². The third-order valence-electron chi connectivity index (χ3n) is 4.95. The summed E-state index contributed by atoms with van der Waals surface area (Å²) in [4.78, 5) is 37.2. The Morgan fingerprint density at radius 1 is 1.18 bits per heavy atom. The fourth-order valence-corrected chi connectivity index (χ4v) is 4.73. The molecule has 1 atom stereocenters. The first-order chi connectivity index (χ1) is 13.5. The van der Waals surface area contributed by atoms with Crippen LogP contribution in [0.5, 0.6) is 0 Å². The van der Waals surface area contributed by atoms with Gasteiger partial charge in [0.15, 0.2) is 6.61 Å². The standard InChI is InChI=1S/C20H25ClN2O4S/c21-13-8-9-16-15(10-13)23-20(26)17(28-16)11-19(25)27-12-18(24)22-14-6-4-2-1-3-5-7-14/h8-10,14,17H,1-7,11-12H2,(H,22,24)(H,23,26). The lowest BCUT2D eigenvalue weighted by Gasteiger charge is -2.23. The van der Waals surface area contributed by atoms with E-state index in [0.29, 0.717) is 10.7 Å². The SMILES string of the molecule is O=C(COC(=O)CC1Sc2ccc(Cl)cc2NC1=O)NC1CCCCCCC1. The number of halogens is 1. The van der Waals surface area contributed by atoms with E-state index in [0.717, 1.165) is 30.6 Å². The van der Waals surface area contributed by atoms with Gasteiger partial charge < -0.3 is 15.4 Å². The van der Waals surface area contributed by atoms with Crippen molar-refractivity contribution in [3.63, 3.8) is 0 Å². The summed E-state index contributed by atoms with van der Waals surface area (Å²) in [5.74, 6) is -1.10. The summed E-state index contributed by atoms with van der Waals surface area (Å²) in [6.07, 6.45) is 7.77. The smallest absolute Gasteiger partial charge is 0.307 e. The number of esters is 1. The fourth-order valence-electron chi connectivity index (χ4n) is 3.48. The summed E-state index contributed by atoms with van der Waals surface area (Å²) in [7, 11) is 0. The zero-order valence-corrected chi connectivity index (χ0v) is 17.2. The van der Waals surface area contributed by atoms with E-state index in [1.54, 1.807) is 12.1 Å². The number of carbonyl (C=O) groups is 3. The molecular weight excluding hydrogens is 400 g/mol. The van der Waals surface area contributed by atoms with Crippen LogP contribution in [-0.2, 0) is 19.1 Å².